The second kappa shape index (κ2) is 12.0. The lowest BCUT2D eigenvalue weighted by molar-refractivity contribution is -0.192. The van der Waals surface area contributed by atoms with Crippen LogP contribution in [0.4, 0.5) is 13.2 Å². The van der Waals surface area contributed by atoms with Crippen LogP contribution < -0.4 is 5.73 Å². The minimum atomic E-state index is -5.08. The van der Waals surface area contributed by atoms with Gasteiger partial charge in [0.25, 0.3) is 0 Å². The molecule has 1 fully saturated rings. The number of benzene rings is 1. The predicted octanol–water partition coefficient (Wildman–Crippen LogP) is 3.64. The molecule has 1 aromatic carbocycles. The first kappa shape index (κ1) is 27.4. The van der Waals surface area contributed by atoms with E-state index in [-0.39, 0.29) is 11.8 Å². The average molecular weight is 484 g/mol. The van der Waals surface area contributed by atoms with Crippen LogP contribution in [0.5, 0.6) is 0 Å². The van der Waals surface area contributed by atoms with E-state index in [4.69, 9.17) is 15.6 Å². The topological polar surface area (TPSA) is 104 Å². The van der Waals surface area contributed by atoms with Crippen LogP contribution in [0.2, 0.25) is 0 Å². The molecule has 2 amide bonds. The van der Waals surface area contributed by atoms with Crippen molar-refractivity contribution in [2.24, 2.45) is 5.73 Å². The summed E-state index contributed by atoms with van der Waals surface area (Å²) in [5.74, 6) is -2.48. The van der Waals surface area contributed by atoms with Crippen LogP contribution in [0, 0.1) is 0 Å². The number of carbonyl (C=O) groups excluding carboxylic acids is 2. The summed E-state index contributed by atoms with van der Waals surface area (Å²) in [5.41, 5.74) is 9.80. The fourth-order valence-electron chi connectivity index (χ4n) is 4.21. The number of halogens is 3. The molecule has 1 aliphatic carbocycles. The summed E-state index contributed by atoms with van der Waals surface area (Å²) in [7, 11) is 3.85. The molecule has 0 spiro atoms. The van der Waals surface area contributed by atoms with E-state index in [0.29, 0.717) is 18.0 Å². The molecule has 34 heavy (non-hydrogen) atoms. The molecule has 1 aliphatic heterocycles. The standard InChI is InChI=1S/C22H31N3O2.C2HF3O2/c1-24(2)15-21(26)25-12-10-16(11-13-25)18-8-9-19(22(23)27)20(14-18)17-6-4-3-5-7-17;3-2(4,5)1(6)7/h6,8-9,14,16H,3-5,7,10-13,15H2,1-2H3,(H2,23,27);(H,6,7). The van der Waals surface area contributed by atoms with E-state index in [1.54, 1.807) is 0 Å². The van der Waals surface area contributed by atoms with Crippen LogP contribution >= 0.6 is 0 Å². The van der Waals surface area contributed by atoms with Crippen LogP contribution in [0.1, 0.15) is 65.9 Å². The molecular formula is C24H32F3N3O4. The Kier molecular flexibility index (Phi) is 9.66. The van der Waals surface area contributed by atoms with Crippen molar-refractivity contribution in [3.63, 3.8) is 0 Å². The van der Waals surface area contributed by atoms with Gasteiger partial charge in [0.1, 0.15) is 0 Å². The van der Waals surface area contributed by atoms with Gasteiger partial charge in [0.15, 0.2) is 0 Å². The number of allylic oxidation sites excluding steroid dienone is 2. The van der Waals surface area contributed by atoms with Crippen molar-refractivity contribution in [2.45, 2.75) is 50.6 Å². The second-order valence-corrected chi connectivity index (χ2v) is 8.84. The van der Waals surface area contributed by atoms with Gasteiger partial charge in [-0.3, -0.25) is 9.59 Å². The molecule has 0 aromatic heterocycles. The highest BCUT2D eigenvalue weighted by Gasteiger charge is 2.38. The zero-order chi connectivity index (χ0) is 25.5. The highest BCUT2D eigenvalue weighted by atomic mass is 19.4. The third-order valence-electron chi connectivity index (χ3n) is 5.96. The summed E-state index contributed by atoms with van der Waals surface area (Å²) in [4.78, 5) is 36.9. The van der Waals surface area contributed by atoms with Crippen molar-refractivity contribution in [3.05, 3.63) is 41.0 Å². The second-order valence-electron chi connectivity index (χ2n) is 8.84. The van der Waals surface area contributed by atoms with E-state index in [0.717, 1.165) is 44.3 Å². The molecule has 10 heteroatoms. The van der Waals surface area contributed by atoms with Gasteiger partial charge in [-0.05, 0) is 81.3 Å². The Morgan fingerprint density at radius 3 is 2.24 bits per heavy atom. The van der Waals surface area contributed by atoms with Crippen molar-refractivity contribution in [2.75, 3.05) is 33.7 Å². The van der Waals surface area contributed by atoms with Gasteiger partial charge in [0.05, 0.1) is 6.54 Å². The number of nitrogens with two attached hydrogens (primary N) is 1. The predicted molar refractivity (Wildman–Crippen MR) is 122 cm³/mol. The number of carboxylic acid groups (broad SMARTS) is 1. The van der Waals surface area contributed by atoms with Gasteiger partial charge in [-0.1, -0.05) is 18.2 Å². The first-order chi connectivity index (χ1) is 15.9. The average Bonchev–Trinajstić information content (AvgIpc) is 2.78. The Labute approximate surface area is 197 Å². The van der Waals surface area contributed by atoms with Gasteiger partial charge >= 0.3 is 12.1 Å². The molecule has 7 nitrogen and oxygen atoms in total. The third kappa shape index (κ3) is 7.86. The van der Waals surface area contributed by atoms with Crippen molar-refractivity contribution < 1.29 is 32.7 Å². The third-order valence-corrected chi connectivity index (χ3v) is 5.96. The molecule has 0 atom stereocenters. The molecule has 0 bridgehead atoms. The highest BCUT2D eigenvalue weighted by Crippen LogP contribution is 2.34. The van der Waals surface area contributed by atoms with E-state index in [1.165, 1.54) is 24.0 Å². The van der Waals surface area contributed by atoms with E-state index < -0.39 is 12.1 Å². The van der Waals surface area contributed by atoms with E-state index in [1.807, 2.05) is 30.0 Å². The molecular weight excluding hydrogens is 451 g/mol. The van der Waals surface area contributed by atoms with Crippen LogP contribution in [0.25, 0.3) is 5.57 Å². The smallest absolute Gasteiger partial charge is 0.475 e. The lowest BCUT2D eigenvalue weighted by Gasteiger charge is -2.33. The van der Waals surface area contributed by atoms with E-state index >= 15 is 0 Å². The number of hydrogen-bond donors (Lipinski definition) is 2. The Morgan fingerprint density at radius 1 is 1.15 bits per heavy atom. The number of carboxylic acids is 1. The maximum Gasteiger partial charge on any atom is 0.490 e. The number of primary amides is 1. The lowest BCUT2D eigenvalue weighted by Crippen LogP contribution is -2.42. The number of alkyl halides is 3. The summed E-state index contributed by atoms with van der Waals surface area (Å²) >= 11 is 0. The summed E-state index contributed by atoms with van der Waals surface area (Å²) < 4.78 is 31.7. The highest BCUT2D eigenvalue weighted by molar-refractivity contribution is 5.98. The molecule has 188 valence electrons. The van der Waals surface area contributed by atoms with Crippen molar-refractivity contribution >= 4 is 23.4 Å². The number of amides is 2. The van der Waals surface area contributed by atoms with Gasteiger partial charge in [-0.15, -0.1) is 0 Å². The Hall–Kier alpha value is -2.88. The quantitative estimate of drug-likeness (QED) is 0.666. The largest absolute Gasteiger partial charge is 0.490 e. The number of nitrogens with zero attached hydrogens (tertiary/aromatic N) is 2. The van der Waals surface area contributed by atoms with E-state index in [2.05, 4.69) is 18.2 Å². The molecule has 1 aromatic rings. The summed E-state index contributed by atoms with van der Waals surface area (Å²) in [5, 5.41) is 7.12. The molecule has 3 rings (SSSR count). The van der Waals surface area contributed by atoms with E-state index in [9.17, 15) is 22.8 Å². The number of piperidine rings is 1. The Bertz CT molecular complexity index is 921. The fourth-order valence-corrected chi connectivity index (χ4v) is 4.21. The van der Waals surface area contributed by atoms with Crippen LogP contribution in [-0.4, -0.2) is 72.6 Å². The van der Waals surface area contributed by atoms with Crippen LogP contribution in [0.3, 0.4) is 0 Å². The molecule has 0 saturated carbocycles. The first-order valence-electron chi connectivity index (χ1n) is 11.3. The van der Waals surface area contributed by atoms with Crippen molar-refractivity contribution in [3.8, 4) is 0 Å². The first-order valence-corrected chi connectivity index (χ1v) is 11.3. The lowest BCUT2D eigenvalue weighted by atomic mass is 9.84. The molecule has 1 saturated heterocycles. The van der Waals surface area contributed by atoms with Gasteiger partial charge in [0.2, 0.25) is 11.8 Å². The monoisotopic (exact) mass is 483 g/mol. The number of hydrogen-bond acceptors (Lipinski definition) is 4. The van der Waals surface area contributed by atoms with Crippen LogP contribution in [0.15, 0.2) is 24.3 Å². The minimum absolute atomic E-state index is 0.204. The minimum Gasteiger partial charge on any atom is -0.475 e. The number of aliphatic carboxylic acids is 1. The number of carbonyl (C=O) groups is 3. The molecule has 3 N–H and O–H groups in total. The molecule has 0 unspecified atom stereocenters. The van der Waals surface area contributed by atoms with Crippen LogP contribution in [-0.2, 0) is 9.59 Å². The summed E-state index contributed by atoms with van der Waals surface area (Å²) in [6.45, 7) is 2.07. The zero-order valence-electron chi connectivity index (χ0n) is 19.5. The SMILES string of the molecule is CN(C)CC(=O)N1CCC(c2ccc(C(N)=O)c(C3=CCCCC3)c2)CC1.O=C(O)C(F)(F)F. The van der Waals surface area contributed by atoms with Crippen molar-refractivity contribution in [1.29, 1.82) is 0 Å². The molecule has 2 aliphatic rings. The van der Waals surface area contributed by atoms with Gasteiger partial charge in [-0.25, -0.2) is 4.79 Å². The van der Waals surface area contributed by atoms with Gasteiger partial charge in [-0.2, -0.15) is 13.2 Å². The molecule has 1 heterocycles. The maximum absolute atomic E-state index is 12.3. The summed E-state index contributed by atoms with van der Waals surface area (Å²) in [6.07, 6.45) is 3.58. The Balaban J connectivity index is 0.000000509. The zero-order valence-corrected chi connectivity index (χ0v) is 19.5. The normalized spacial score (nSPS) is 17.0. The molecule has 0 radical (unpaired) electrons. The summed E-state index contributed by atoms with van der Waals surface area (Å²) in [6, 6.07) is 6.13. The number of likely N-dealkylation sites (tertiary alicyclic amines) is 1. The fraction of sp³-hybridized carbons (Fsp3) is 0.542. The van der Waals surface area contributed by atoms with Gasteiger partial charge < -0.3 is 20.6 Å². The maximum atomic E-state index is 12.3. The number of likely N-dealkylation sites (N-methyl/N-ethyl adjacent to an activating group) is 1. The van der Waals surface area contributed by atoms with Crippen molar-refractivity contribution in [1.82, 2.24) is 9.80 Å². The van der Waals surface area contributed by atoms with Gasteiger partial charge in [0, 0.05) is 18.7 Å². The number of rotatable bonds is 5. The Morgan fingerprint density at radius 2 is 1.76 bits per heavy atom.